The zero-order chi connectivity index (χ0) is 29.5. The lowest BCUT2D eigenvalue weighted by molar-refractivity contribution is -0.679. The molecule has 0 radical (unpaired) electrons. The molecule has 0 unspecified atom stereocenters. The van der Waals surface area contributed by atoms with Crippen LogP contribution in [0, 0.1) is 5.41 Å². The molecular formula is C39H41N4O+. The first kappa shape index (κ1) is 27.2. The van der Waals surface area contributed by atoms with Crippen LogP contribution < -0.4 is 9.30 Å². The third kappa shape index (κ3) is 4.89. The largest absolute Gasteiger partial charge is 0.457 e. The Morgan fingerprint density at radius 3 is 2.34 bits per heavy atom. The van der Waals surface area contributed by atoms with Gasteiger partial charge in [0.05, 0.1) is 24.6 Å². The van der Waals surface area contributed by atoms with Crippen molar-refractivity contribution in [3.05, 3.63) is 103 Å². The fourth-order valence-corrected chi connectivity index (χ4v) is 8.01. The van der Waals surface area contributed by atoms with Crippen molar-refractivity contribution in [2.24, 2.45) is 12.5 Å². The summed E-state index contributed by atoms with van der Waals surface area (Å²) >= 11 is 0. The van der Waals surface area contributed by atoms with E-state index >= 15 is 0 Å². The van der Waals surface area contributed by atoms with Gasteiger partial charge in [-0.25, -0.2) is 14.1 Å². The molecule has 5 nitrogen and oxygen atoms in total. The minimum absolute atomic E-state index is 0.438. The Balaban J connectivity index is 1.13. The van der Waals surface area contributed by atoms with E-state index in [1.165, 1.54) is 85.6 Å². The van der Waals surface area contributed by atoms with Gasteiger partial charge in [-0.2, -0.15) is 0 Å². The van der Waals surface area contributed by atoms with Gasteiger partial charge in [-0.15, -0.1) is 0 Å². The maximum atomic E-state index is 6.59. The molecule has 44 heavy (non-hydrogen) atoms. The predicted octanol–water partition coefficient (Wildman–Crippen LogP) is 9.33. The summed E-state index contributed by atoms with van der Waals surface area (Å²) in [7, 11) is 2.22. The van der Waals surface area contributed by atoms with Gasteiger partial charge in [-0.05, 0) is 61.7 Å². The maximum absolute atomic E-state index is 6.59. The molecule has 2 aliphatic rings. The molecule has 4 heterocycles. The highest BCUT2D eigenvalue weighted by molar-refractivity contribution is 6.09. The summed E-state index contributed by atoms with van der Waals surface area (Å²) in [5, 5.41) is 2.41. The van der Waals surface area contributed by atoms with Crippen LogP contribution in [0.3, 0.4) is 0 Å². The van der Waals surface area contributed by atoms with Crippen LogP contribution >= 0.6 is 0 Å². The third-order valence-corrected chi connectivity index (χ3v) is 10.3. The summed E-state index contributed by atoms with van der Waals surface area (Å²) in [6, 6.07) is 29.7. The Hall–Kier alpha value is -4.38. The summed E-state index contributed by atoms with van der Waals surface area (Å²) in [6.45, 7) is 1.14. The van der Waals surface area contributed by atoms with Crippen molar-refractivity contribution < 1.29 is 9.30 Å². The highest BCUT2D eigenvalue weighted by atomic mass is 16.5. The van der Waals surface area contributed by atoms with Crippen LogP contribution in [0.2, 0.25) is 0 Å². The second-order valence-electron chi connectivity index (χ2n) is 13.1. The fraction of sp³-hybridized carbons (Fsp3) is 0.333. The van der Waals surface area contributed by atoms with E-state index in [9.17, 15) is 0 Å². The molecular weight excluding hydrogens is 540 g/mol. The van der Waals surface area contributed by atoms with Gasteiger partial charge in [-0.1, -0.05) is 74.9 Å². The predicted molar refractivity (Wildman–Crippen MR) is 177 cm³/mol. The van der Waals surface area contributed by atoms with Gasteiger partial charge >= 0.3 is 0 Å². The van der Waals surface area contributed by atoms with E-state index in [0.29, 0.717) is 5.41 Å². The lowest BCUT2D eigenvalue weighted by atomic mass is 9.73. The van der Waals surface area contributed by atoms with Crippen LogP contribution in [0.25, 0.3) is 38.9 Å². The van der Waals surface area contributed by atoms with Crippen LogP contribution in [0.4, 0.5) is 0 Å². The standard InChI is InChI=1S/C39H41N4O/c1-41-27-36(42-28-39(23-20-38(41)42)21-9-4-2-3-5-10-22-39)29-13-12-14-30(25-29)44-31-18-19-33-32-15-6-7-16-34(32)43(35(33)26-31)37-17-8-11-24-40-37/h6-8,11-19,24-27H,2-5,9-10,20-23,28H2,1H3/q+1. The van der Waals surface area contributed by atoms with E-state index in [-0.39, 0.29) is 0 Å². The maximum Gasteiger partial charge on any atom is 0.256 e. The zero-order valence-electron chi connectivity index (χ0n) is 25.7. The average Bonchev–Trinajstić information content (AvgIpc) is 3.59. The second-order valence-corrected chi connectivity index (χ2v) is 13.1. The molecule has 0 amide bonds. The van der Waals surface area contributed by atoms with Crippen molar-refractivity contribution in [1.82, 2.24) is 14.1 Å². The molecule has 1 aliphatic carbocycles. The number of pyridine rings is 1. The topological polar surface area (TPSA) is 35.9 Å². The molecule has 0 atom stereocenters. The lowest BCUT2D eigenvalue weighted by Gasteiger charge is -2.35. The average molecular weight is 582 g/mol. The molecule has 0 saturated heterocycles. The molecule has 0 N–H and O–H groups in total. The van der Waals surface area contributed by atoms with E-state index in [0.717, 1.165) is 41.3 Å². The summed E-state index contributed by atoms with van der Waals surface area (Å²) in [4.78, 5) is 4.68. The van der Waals surface area contributed by atoms with E-state index in [1.54, 1.807) is 0 Å². The highest BCUT2D eigenvalue weighted by Crippen LogP contribution is 2.44. The van der Waals surface area contributed by atoms with E-state index in [4.69, 9.17) is 4.74 Å². The van der Waals surface area contributed by atoms with Gasteiger partial charge in [0.2, 0.25) is 0 Å². The van der Waals surface area contributed by atoms with Gasteiger partial charge in [-0.3, -0.25) is 4.57 Å². The number of imidazole rings is 1. The first-order valence-corrected chi connectivity index (χ1v) is 16.5. The first-order chi connectivity index (χ1) is 21.7. The number of fused-ring (bicyclic) bond motifs is 4. The fourth-order valence-electron chi connectivity index (χ4n) is 8.01. The molecule has 5 heteroatoms. The smallest absolute Gasteiger partial charge is 0.256 e. The molecule has 6 aromatic rings. The number of nitrogens with zero attached hydrogens (tertiary/aromatic N) is 4. The number of hydrogen-bond acceptors (Lipinski definition) is 2. The van der Waals surface area contributed by atoms with E-state index in [1.807, 2.05) is 18.3 Å². The molecule has 1 spiro atoms. The number of aryl methyl sites for hydroxylation is 1. The SMILES string of the molecule is C[n+]1cc(-c2cccc(Oc3ccc4c5ccccc5n(-c5ccccn5)c4c3)c2)n2c1CCC1(CCCCCCCC1)C2. The Morgan fingerprint density at radius 1 is 0.727 bits per heavy atom. The zero-order valence-corrected chi connectivity index (χ0v) is 25.7. The lowest BCUT2D eigenvalue weighted by Crippen LogP contribution is -2.40. The van der Waals surface area contributed by atoms with E-state index in [2.05, 4.69) is 105 Å². The monoisotopic (exact) mass is 581 g/mol. The summed E-state index contributed by atoms with van der Waals surface area (Å²) in [6.07, 6.45) is 17.8. The second kappa shape index (κ2) is 11.3. The van der Waals surface area contributed by atoms with Gasteiger partial charge in [0.15, 0.2) is 5.69 Å². The Kier molecular flexibility index (Phi) is 6.97. The number of hydrogen-bond donors (Lipinski definition) is 0. The minimum Gasteiger partial charge on any atom is -0.457 e. The van der Waals surface area contributed by atoms with Gasteiger partial charge < -0.3 is 4.74 Å². The normalized spacial score (nSPS) is 16.8. The summed E-state index contributed by atoms with van der Waals surface area (Å²) < 4.78 is 13.8. The van der Waals surface area contributed by atoms with Crippen molar-refractivity contribution in [2.75, 3.05) is 0 Å². The Morgan fingerprint density at radius 2 is 1.50 bits per heavy atom. The first-order valence-electron chi connectivity index (χ1n) is 16.5. The highest BCUT2D eigenvalue weighted by Gasteiger charge is 2.40. The molecule has 3 aromatic carbocycles. The Labute approximate surface area is 259 Å². The number of para-hydroxylation sites is 1. The Bertz CT molecular complexity index is 1940. The number of benzene rings is 3. The molecule has 222 valence electrons. The van der Waals surface area contributed by atoms with Crippen LogP contribution in [0.5, 0.6) is 11.5 Å². The van der Waals surface area contributed by atoms with Crippen molar-refractivity contribution in [3.8, 4) is 28.6 Å². The quantitative estimate of drug-likeness (QED) is 0.195. The van der Waals surface area contributed by atoms with Gasteiger partial charge in [0, 0.05) is 40.4 Å². The van der Waals surface area contributed by atoms with Crippen LogP contribution in [-0.2, 0) is 20.0 Å². The minimum atomic E-state index is 0.438. The van der Waals surface area contributed by atoms with E-state index < -0.39 is 0 Å². The molecule has 3 aromatic heterocycles. The van der Waals surface area contributed by atoms with Crippen molar-refractivity contribution in [1.29, 1.82) is 0 Å². The van der Waals surface area contributed by atoms with Crippen molar-refractivity contribution in [2.45, 2.75) is 70.8 Å². The molecule has 1 aliphatic heterocycles. The van der Waals surface area contributed by atoms with Crippen LogP contribution in [0.1, 0.15) is 63.6 Å². The number of aromatic nitrogens is 4. The van der Waals surface area contributed by atoms with Crippen LogP contribution in [0.15, 0.2) is 97.3 Å². The number of rotatable bonds is 4. The van der Waals surface area contributed by atoms with Crippen molar-refractivity contribution >= 4 is 21.8 Å². The third-order valence-electron chi connectivity index (χ3n) is 10.3. The molecule has 1 saturated carbocycles. The number of ether oxygens (including phenoxy) is 1. The van der Waals surface area contributed by atoms with Gasteiger partial charge in [0.25, 0.3) is 5.82 Å². The van der Waals surface area contributed by atoms with Crippen LogP contribution in [-0.4, -0.2) is 14.1 Å². The molecule has 1 fully saturated rings. The summed E-state index contributed by atoms with van der Waals surface area (Å²) in [5.74, 6) is 4.03. The molecule has 0 bridgehead atoms. The summed E-state index contributed by atoms with van der Waals surface area (Å²) in [5.41, 5.74) is 5.19. The molecule has 8 rings (SSSR count). The van der Waals surface area contributed by atoms with Crippen molar-refractivity contribution in [3.63, 3.8) is 0 Å². The van der Waals surface area contributed by atoms with Gasteiger partial charge in [0.1, 0.15) is 23.5 Å².